The minimum absolute atomic E-state index is 0.0992. The normalized spacial score (nSPS) is 16.1. The molecule has 1 amide bonds. The fourth-order valence-electron chi connectivity index (χ4n) is 2.62. The third-order valence-corrected chi connectivity index (χ3v) is 3.95. The number of piperidine rings is 1. The predicted molar refractivity (Wildman–Crippen MR) is 76.5 cm³/mol. The molecule has 0 aromatic heterocycles. The molecule has 4 nitrogen and oxygen atoms in total. The molecule has 1 aromatic rings. The van der Waals surface area contributed by atoms with E-state index in [0.717, 1.165) is 12.0 Å². The van der Waals surface area contributed by atoms with Crippen molar-refractivity contribution in [2.24, 2.45) is 5.92 Å². The Labute approximate surface area is 119 Å². The van der Waals surface area contributed by atoms with Crippen LogP contribution in [0.15, 0.2) is 24.3 Å². The molecule has 20 heavy (non-hydrogen) atoms. The summed E-state index contributed by atoms with van der Waals surface area (Å²) >= 11 is 0. The molecule has 0 unspecified atom stereocenters. The van der Waals surface area contributed by atoms with E-state index in [1.807, 2.05) is 12.1 Å². The molecular formula is C16H21NO3. The molecule has 0 saturated carbocycles. The monoisotopic (exact) mass is 275 g/mol. The van der Waals surface area contributed by atoms with E-state index >= 15 is 0 Å². The molecule has 1 saturated heterocycles. The molecule has 1 aromatic carbocycles. The minimum atomic E-state index is -0.743. The molecule has 1 aliphatic heterocycles. The van der Waals surface area contributed by atoms with Crippen molar-refractivity contribution >= 4 is 11.9 Å². The molecule has 1 heterocycles. The highest BCUT2D eigenvalue weighted by Gasteiger charge is 2.26. The van der Waals surface area contributed by atoms with Crippen LogP contribution in [0.4, 0.5) is 0 Å². The van der Waals surface area contributed by atoms with Crippen molar-refractivity contribution in [1.29, 1.82) is 0 Å². The summed E-state index contributed by atoms with van der Waals surface area (Å²) in [6, 6.07) is 8.09. The number of hydrogen-bond donors (Lipinski definition) is 1. The van der Waals surface area contributed by atoms with Gasteiger partial charge in [0, 0.05) is 13.1 Å². The van der Waals surface area contributed by atoms with Gasteiger partial charge < -0.3 is 10.0 Å². The molecule has 1 N–H and O–H groups in total. The van der Waals surface area contributed by atoms with Gasteiger partial charge in [-0.1, -0.05) is 31.2 Å². The molecule has 0 radical (unpaired) electrons. The van der Waals surface area contributed by atoms with Crippen LogP contribution in [-0.4, -0.2) is 35.0 Å². The zero-order valence-corrected chi connectivity index (χ0v) is 11.8. The number of aryl methyl sites for hydroxylation is 1. The molecule has 0 bridgehead atoms. The summed E-state index contributed by atoms with van der Waals surface area (Å²) in [6.07, 6.45) is 2.50. The highest BCUT2D eigenvalue weighted by molar-refractivity contribution is 5.79. The van der Waals surface area contributed by atoms with Crippen LogP contribution in [-0.2, 0) is 22.4 Å². The van der Waals surface area contributed by atoms with Gasteiger partial charge in [0.05, 0.1) is 12.3 Å². The number of aliphatic carboxylic acids is 1. The maximum atomic E-state index is 12.2. The third-order valence-electron chi connectivity index (χ3n) is 3.95. The van der Waals surface area contributed by atoms with Gasteiger partial charge >= 0.3 is 5.97 Å². The quantitative estimate of drug-likeness (QED) is 0.915. The SMILES string of the molecule is CCc1cccc(CC(=O)N2CCC(C(=O)O)CC2)c1. The molecule has 0 atom stereocenters. The van der Waals surface area contributed by atoms with Gasteiger partial charge in [0.1, 0.15) is 0 Å². The second-order valence-corrected chi connectivity index (χ2v) is 5.34. The number of carboxylic acid groups (broad SMARTS) is 1. The Hall–Kier alpha value is -1.84. The van der Waals surface area contributed by atoms with Gasteiger partial charge in [-0.05, 0) is 30.4 Å². The van der Waals surface area contributed by atoms with E-state index in [0.29, 0.717) is 32.4 Å². The van der Waals surface area contributed by atoms with E-state index in [1.165, 1.54) is 5.56 Å². The smallest absolute Gasteiger partial charge is 0.306 e. The molecule has 108 valence electrons. The van der Waals surface area contributed by atoms with Crippen molar-refractivity contribution in [3.8, 4) is 0 Å². The lowest BCUT2D eigenvalue weighted by atomic mass is 9.96. The molecule has 0 spiro atoms. The average Bonchev–Trinajstić information content (AvgIpc) is 2.47. The summed E-state index contributed by atoms with van der Waals surface area (Å²) in [4.78, 5) is 24.9. The molecule has 1 aliphatic rings. The lowest BCUT2D eigenvalue weighted by Crippen LogP contribution is -2.40. The number of carbonyl (C=O) groups is 2. The molecule has 1 fully saturated rings. The first-order valence-corrected chi connectivity index (χ1v) is 7.18. The summed E-state index contributed by atoms with van der Waals surface area (Å²) in [6.45, 7) is 3.21. The number of carbonyl (C=O) groups excluding carboxylic acids is 1. The first kappa shape index (κ1) is 14.6. The number of hydrogen-bond acceptors (Lipinski definition) is 2. The van der Waals surface area contributed by atoms with Crippen LogP contribution in [0.25, 0.3) is 0 Å². The number of benzene rings is 1. The maximum absolute atomic E-state index is 12.2. The van der Waals surface area contributed by atoms with Crippen LogP contribution in [0.2, 0.25) is 0 Å². The van der Waals surface area contributed by atoms with Crippen LogP contribution in [0.1, 0.15) is 30.9 Å². The average molecular weight is 275 g/mol. The summed E-state index contributed by atoms with van der Waals surface area (Å²) in [5.74, 6) is -0.933. The maximum Gasteiger partial charge on any atom is 0.306 e. The zero-order chi connectivity index (χ0) is 14.5. The van der Waals surface area contributed by atoms with E-state index in [2.05, 4.69) is 19.1 Å². The largest absolute Gasteiger partial charge is 0.481 e. The number of nitrogens with zero attached hydrogens (tertiary/aromatic N) is 1. The Kier molecular flexibility index (Phi) is 4.77. The van der Waals surface area contributed by atoms with Gasteiger partial charge in [-0.2, -0.15) is 0 Å². The van der Waals surface area contributed by atoms with Crippen LogP contribution >= 0.6 is 0 Å². The topological polar surface area (TPSA) is 57.6 Å². The van der Waals surface area contributed by atoms with Crippen molar-refractivity contribution in [3.63, 3.8) is 0 Å². The van der Waals surface area contributed by atoms with Gasteiger partial charge in [0.2, 0.25) is 5.91 Å². The van der Waals surface area contributed by atoms with Gasteiger partial charge in [0.15, 0.2) is 0 Å². The Balaban J connectivity index is 1.91. The van der Waals surface area contributed by atoms with E-state index in [9.17, 15) is 9.59 Å². The molecule has 4 heteroatoms. The molecule has 2 rings (SSSR count). The third kappa shape index (κ3) is 3.59. The van der Waals surface area contributed by atoms with Gasteiger partial charge in [0.25, 0.3) is 0 Å². The van der Waals surface area contributed by atoms with Crippen LogP contribution in [0.3, 0.4) is 0 Å². The Bertz CT molecular complexity index is 490. The molecule has 0 aliphatic carbocycles. The van der Waals surface area contributed by atoms with Crippen LogP contribution in [0.5, 0.6) is 0 Å². The number of rotatable bonds is 4. The van der Waals surface area contributed by atoms with Crippen molar-refractivity contribution in [2.45, 2.75) is 32.6 Å². The number of likely N-dealkylation sites (tertiary alicyclic amines) is 1. The second kappa shape index (κ2) is 6.55. The summed E-state index contributed by atoms with van der Waals surface area (Å²) in [7, 11) is 0. The molecular weight excluding hydrogens is 254 g/mol. The lowest BCUT2D eigenvalue weighted by molar-refractivity contribution is -0.145. The lowest BCUT2D eigenvalue weighted by Gasteiger charge is -2.30. The van der Waals surface area contributed by atoms with E-state index in [-0.39, 0.29) is 11.8 Å². The second-order valence-electron chi connectivity index (χ2n) is 5.34. The van der Waals surface area contributed by atoms with E-state index in [1.54, 1.807) is 4.90 Å². The van der Waals surface area contributed by atoms with Crippen LogP contribution in [0, 0.1) is 5.92 Å². The van der Waals surface area contributed by atoms with Crippen molar-refractivity contribution in [1.82, 2.24) is 4.90 Å². The minimum Gasteiger partial charge on any atom is -0.481 e. The first-order chi connectivity index (χ1) is 9.60. The first-order valence-electron chi connectivity index (χ1n) is 7.18. The highest BCUT2D eigenvalue weighted by Crippen LogP contribution is 2.18. The summed E-state index contributed by atoms with van der Waals surface area (Å²) in [5, 5.41) is 8.95. The van der Waals surface area contributed by atoms with E-state index in [4.69, 9.17) is 5.11 Å². The summed E-state index contributed by atoms with van der Waals surface area (Å²) < 4.78 is 0. The predicted octanol–water partition coefficient (Wildman–Crippen LogP) is 2.11. The van der Waals surface area contributed by atoms with Gasteiger partial charge in [-0.15, -0.1) is 0 Å². The van der Waals surface area contributed by atoms with Crippen molar-refractivity contribution in [3.05, 3.63) is 35.4 Å². The zero-order valence-electron chi connectivity index (χ0n) is 11.8. The fourth-order valence-corrected chi connectivity index (χ4v) is 2.62. The highest BCUT2D eigenvalue weighted by atomic mass is 16.4. The Morgan fingerprint density at radius 3 is 2.50 bits per heavy atom. The number of amides is 1. The van der Waals surface area contributed by atoms with Crippen LogP contribution < -0.4 is 0 Å². The number of carboxylic acids is 1. The van der Waals surface area contributed by atoms with Crippen molar-refractivity contribution in [2.75, 3.05) is 13.1 Å². The Morgan fingerprint density at radius 1 is 1.25 bits per heavy atom. The standard InChI is InChI=1S/C16H21NO3/c1-2-12-4-3-5-13(10-12)11-15(18)17-8-6-14(7-9-17)16(19)20/h3-5,10,14H,2,6-9,11H2,1H3,(H,19,20). The van der Waals surface area contributed by atoms with Gasteiger partial charge in [-0.3, -0.25) is 9.59 Å². The fraction of sp³-hybridized carbons (Fsp3) is 0.500. The summed E-state index contributed by atoms with van der Waals surface area (Å²) in [5.41, 5.74) is 2.27. The van der Waals surface area contributed by atoms with E-state index < -0.39 is 5.97 Å². The Morgan fingerprint density at radius 2 is 1.90 bits per heavy atom. The van der Waals surface area contributed by atoms with Gasteiger partial charge in [-0.25, -0.2) is 0 Å². The van der Waals surface area contributed by atoms with Crippen molar-refractivity contribution < 1.29 is 14.7 Å².